The highest BCUT2D eigenvalue weighted by molar-refractivity contribution is 5.74. The zero-order chi connectivity index (χ0) is 13.6. The number of carbonyl (C=O) groups is 2. The molecule has 0 spiro atoms. The third-order valence-corrected chi connectivity index (χ3v) is 3.53. The predicted molar refractivity (Wildman–Crippen MR) is 69.4 cm³/mol. The molecule has 1 saturated carbocycles. The minimum absolute atomic E-state index is 0.0951. The molecule has 0 atom stereocenters. The molecule has 0 bridgehead atoms. The van der Waals surface area contributed by atoms with E-state index in [1.165, 1.54) is 0 Å². The van der Waals surface area contributed by atoms with Gasteiger partial charge in [0.15, 0.2) is 0 Å². The monoisotopic (exact) mass is 256 g/mol. The third kappa shape index (κ3) is 5.89. The fourth-order valence-corrected chi connectivity index (χ4v) is 2.22. The first-order chi connectivity index (χ1) is 8.39. The summed E-state index contributed by atoms with van der Waals surface area (Å²) in [6, 6.07) is 0.0857. The summed E-state index contributed by atoms with van der Waals surface area (Å²) in [6.07, 6.45) is 4.89. The van der Waals surface area contributed by atoms with Gasteiger partial charge in [-0.3, -0.25) is 4.79 Å². The second kappa shape index (κ2) is 6.61. The van der Waals surface area contributed by atoms with Crippen LogP contribution in [0.2, 0.25) is 0 Å². The lowest BCUT2D eigenvalue weighted by molar-refractivity contribution is -0.137. The number of carbonyl (C=O) groups excluding carboxylic acids is 1. The Hall–Kier alpha value is -1.26. The van der Waals surface area contributed by atoms with Crippen LogP contribution in [0, 0.1) is 5.41 Å². The summed E-state index contributed by atoms with van der Waals surface area (Å²) in [4.78, 5) is 21.8. The second-order valence-corrected chi connectivity index (χ2v) is 5.84. The van der Waals surface area contributed by atoms with Crippen LogP contribution in [0.3, 0.4) is 0 Å². The molecule has 0 radical (unpaired) electrons. The van der Waals surface area contributed by atoms with Crippen molar-refractivity contribution in [3.05, 3.63) is 0 Å². The summed E-state index contributed by atoms with van der Waals surface area (Å²) in [5.41, 5.74) is 0.399. The standard InChI is InChI=1S/C13H24N2O3/c1-13(2)7-5-10(6-8-13)15-12(18)14-9-3-4-11(16)17/h10H,3-9H2,1-2H3,(H,16,17)(H2,14,15,18). The van der Waals surface area contributed by atoms with E-state index >= 15 is 0 Å². The van der Waals surface area contributed by atoms with Gasteiger partial charge in [-0.05, 0) is 37.5 Å². The molecule has 5 heteroatoms. The highest BCUT2D eigenvalue weighted by atomic mass is 16.4. The predicted octanol–water partition coefficient (Wildman–Crippen LogP) is 2.12. The lowest BCUT2D eigenvalue weighted by atomic mass is 9.76. The molecule has 0 heterocycles. The second-order valence-electron chi connectivity index (χ2n) is 5.84. The largest absolute Gasteiger partial charge is 0.481 e. The molecular weight excluding hydrogens is 232 g/mol. The van der Waals surface area contributed by atoms with Crippen molar-refractivity contribution in [3.8, 4) is 0 Å². The van der Waals surface area contributed by atoms with Crippen LogP contribution in [0.25, 0.3) is 0 Å². The van der Waals surface area contributed by atoms with E-state index < -0.39 is 5.97 Å². The van der Waals surface area contributed by atoms with Crippen LogP contribution in [0.5, 0.6) is 0 Å². The van der Waals surface area contributed by atoms with Gasteiger partial charge in [-0.15, -0.1) is 0 Å². The van der Waals surface area contributed by atoms with Crippen molar-refractivity contribution in [2.75, 3.05) is 6.54 Å². The molecule has 0 aromatic heterocycles. The zero-order valence-electron chi connectivity index (χ0n) is 11.3. The fourth-order valence-electron chi connectivity index (χ4n) is 2.22. The smallest absolute Gasteiger partial charge is 0.315 e. The molecule has 2 amide bonds. The van der Waals surface area contributed by atoms with E-state index in [1.54, 1.807) is 0 Å². The van der Waals surface area contributed by atoms with Gasteiger partial charge >= 0.3 is 12.0 Å². The Labute approximate surface area is 108 Å². The Morgan fingerprint density at radius 1 is 1.28 bits per heavy atom. The van der Waals surface area contributed by atoms with Gasteiger partial charge in [0.2, 0.25) is 0 Å². The van der Waals surface area contributed by atoms with Gasteiger partial charge in [0.1, 0.15) is 0 Å². The SMILES string of the molecule is CC1(C)CCC(NC(=O)NCCCC(=O)O)CC1. The van der Waals surface area contributed by atoms with Crippen LogP contribution >= 0.6 is 0 Å². The summed E-state index contributed by atoms with van der Waals surface area (Å²) >= 11 is 0. The maximum absolute atomic E-state index is 11.5. The summed E-state index contributed by atoms with van der Waals surface area (Å²) in [7, 11) is 0. The van der Waals surface area contributed by atoms with Gasteiger partial charge in [-0.1, -0.05) is 13.8 Å². The first-order valence-electron chi connectivity index (χ1n) is 6.65. The van der Waals surface area contributed by atoms with Crippen molar-refractivity contribution in [2.45, 2.75) is 58.4 Å². The Morgan fingerprint density at radius 3 is 2.44 bits per heavy atom. The van der Waals surface area contributed by atoms with E-state index in [4.69, 9.17) is 5.11 Å². The Kier molecular flexibility index (Phi) is 5.44. The maximum atomic E-state index is 11.5. The minimum atomic E-state index is -0.827. The highest BCUT2D eigenvalue weighted by Crippen LogP contribution is 2.34. The lowest BCUT2D eigenvalue weighted by Gasteiger charge is -2.34. The number of amides is 2. The topological polar surface area (TPSA) is 78.4 Å². The van der Waals surface area contributed by atoms with Crippen LogP contribution in [0.4, 0.5) is 4.79 Å². The molecule has 0 saturated heterocycles. The number of hydrogen-bond donors (Lipinski definition) is 3. The van der Waals surface area contributed by atoms with Crippen molar-refractivity contribution < 1.29 is 14.7 Å². The quantitative estimate of drug-likeness (QED) is 0.659. The van der Waals surface area contributed by atoms with Gasteiger partial charge in [0.25, 0.3) is 0 Å². The fraction of sp³-hybridized carbons (Fsp3) is 0.846. The van der Waals surface area contributed by atoms with Gasteiger partial charge < -0.3 is 15.7 Å². The molecule has 5 nitrogen and oxygen atoms in total. The highest BCUT2D eigenvalue weighted by Gasteiger charge is 2.27. The van der Waals surface area contributed by atoms with E-state index in [9.17, 15) is 9.59 Å². The number of carboxylic acid groups (broad SMARTS) is 1. The Bertz CT molecular complexity index is 293. The van der Waals surface area contributed by atoms with Gasteiger partial charge in [-0.2, -0.15) is 0 Å². The van der Waals surface area contributed by atoms with Crippen LogP contribution in [0.1, 0.15) is 52.4 Å². The average molecular weight is 256 g/mol. The molecule has 0 unspecified atom stereocenters. The molecule has 1 fully saturated rings. The third-order valence-electron chi connectivity index (χ3n) is 3.53. The van der Waals surface area contributed by atoms with Crippen molar-refractivity contribution in [3.63, 3.8) is 0 Å². The number of aliphatic carboxylic acids is 1. The minimum Gasteiger partial charge on any atom is -0.481 e. The van der Waals surface area contributed by atoms with E-state index in [0.717, 1.165) is 25.7 Å². The number of urea groups is 1. The number of carboxylic acids is 1. The number of rotatable bonds is 5. The number of nitrogens with one attached hydrogen (secondary N) is 2. The molecule has 1 rings (SSSR count). The van der Waals surface area contributed by atoms with Crippen LogP contribution in [-0.2, 0) is 4.79 Å². The first-order valence-corrected chi connectivity index (χ1v) is 6.65. The van der Waals surface area contributed by atoms with E-state index in [-0.39, 0.29) is 18.5 Å². The summed E-state index contributed by atoms with van der Waals surface area (Å²) in [5, 5.41) is 14.1. The van der Waals surface area contributed by atoms with Crippen LogP contribution in [-0.4, -0.2) is 29.7 Å². The molecule has 0 aromatic rings. The normalized spacial score (nSPS) is 19.2. The van der Waals surface area contributed by atoms with E-state index in [1.807, 2.05) is 0 Å². The van der Waals surface area contributed by atoms with Crippen LogP contribution in [0.15, 0.2) is 0 Å². The van der Waals surface area contributed by atoms with E-state index in [0.29, 0.717) is 18.4 Å². The summed E-state index contributed by atoms with van der Waals surface area (Å²) in [5.74, 6) is -0.827. The molecule has 0 aromatic carbocycles. The van der Waals surface area contributed by atoms with Gasteiger partial charge in [0.05, 0.1) is 0 Å². The molecule has 0 aliphatic heterocycles. The molecule has 104 valence electrons. The van der Waals surface area contributed by atoms with Gasteiger partial charge in [0, 0.05) is 19.0 Å². The van der Waals surface area contributed by atoms with Crippen molar-refractivity contribution in [1.82, 2.24) is 10.6 Å². The maximum Gasteiger partial charge on any atom is 0.315 e. The van der Waals surface area contributed by atoms with E-state index in [2.05, 4.69) is 24.5 Å². The average Bonchev–Trinajstić information content (AvgIpc) is 2.27. The Balaban J connectivity index is 2.11. The summed E-state index contributed by atoms with van der Waals surface area (Å²) in [6.45, 7) is 4.93. The molecule has 1 aliphatic rings. The lowest BCUT2D eigenvalue weighted by Crippen LogP contribution is -2.44. The van der Waals surface area contributed by atoms with Crippen molar-refractivity contribution in [2.24, 2.45) is 5.41 Å². The van der Waals surface area contributed by atoms with Crippen LogP contribution < -0.4 is 10.6 Å². The Morgan fingerprint density at radius 2 is 1.89 bits per heavy atom. The van der Waals surface area contributed by atoms with Crippen molar-refractivity contribution in [1.29, 1.82) is 0 Å². The zero-order valence-corrected chi connectivity index (χ0v) is 11.3. The molecular formula is C13H24N2O3. The molecule has 1 aliphatic carbocycles. The van der Waals surface area contributed by atoms with Gasteiger partial charge in [-0.25, -0.2) is 4.79 Å². The summed E-state index contributed by atoms with van der Waals surface area (Å²) < 4.78 is 0. The molecule has 3 N–H and O–H groups in total. The first kappa shape index (κ1) is 14.8. The van der Waals surface area contributed by atoms with Crippen molar-refractivity contribution >= 4 is 12.0 Å². The molecule has 18 heavy (non-hydrogen) atoms. The number of hydrogen-bond acceptors (Lipinski definition) is 2.